The number of carbonyl (C=O) groups is 1. The van der Waals surface area contributed by atoms with Gasteiger partial charge in [0.05, 0.1) is 5.56 Å². The summed E-state index contributed by atoms with van der Waals surface area (Å²) in [4.78, 5) is 12.2. The van der Waals surface area contributed by atoms with Gasteiger partial charge in [0, 0.05) is 10.6 Å². The van der Waals surface area contributed by atoms with E-state index < -0.39 is 0 Å². The van der Waals surface area contributed by atoms with E-state index in [1.54, 1.807) is 30.3 Å². The molecule has 1 N–H and O–H groups in total. The Morgan fingerprint density at radius 1 is 1.22 bits per heavy atom. The van der Waals surface area contributed by atoms with Gasteiger partial charge in [-0.3, -0.25) is 4.79 Å². The molecule has 0 aliphatic rings. The number of aryl methyl sites for hydroxylation is 1. The number of halogens is 1. The maximum atomic E-state index is 12.2. The fourth-order valence-electron chi connectivity index (χ4n) is 1.81. The third-order valence-electron chi connectivity index (χ3n) is 2.83. The van der Waals surface area contributed by atoms with Crippen molar-refractivity contribution in [1.82, 2.24) is 0 Å². The summed E-state index contributed by atoms with van der Waals surface area (Å²) in [6.07, 6.45) is 0.716. The molecule has 0 atom stereocenters. The number of phenols is 1. The lowest BCUT2D eigenvalue weighted by atomic mass is 9.99. The highest BCUT2D eigenvalue weighted by molar-refractivity contribution is 6.31. The Hall–Kier alpha value is -1.80. The van der Waals surface area contributed by atoms with Crippen molar-refractivity contribution in [3.8, 4) is 5.75 Å². The second-order valence-electron chi connectivity index (χ2n) is 4.01. The fourth-order valence-corrected chi connectivity index (χ4v) is 2.10. The molecule has 2 aromatic carbocycles. The van der Waals surface area contributed by atoms with Crippen molar-refractivity contribution < 1.29 is 9.90 Å². The second-order valence-corrected chi connectivity index (χ2v) is 4.42. The van der Waals surface area contributed by atoms with Crippen LogP contribution < -0.4 is 0 Å². The Morgan fingerprint density at radius 2 is 1.89 bits per heavy atom. The number of phenolic OH excluding ortho intramolecular Hbond substituents is 1. The molecular weight excluding hydrogens is 248 g/mol. The summed E-state index contributed by atoms with van der Waals surface area (Å²) in [6.45, 7) is 1.95. The first kappa shape index (κ1) is 12.7. The van der Waals surface area contributed by atoms with Crippen LogP contribution >= 0.6 is 11.6 Å². The smallest absolute Gasteiger partial charge is 0.196 e. The van der Waals surface area contributed by atoms with Crippen molar-refractivity contribution in [2.45, 2.75) is 13.3 Å². The molecule has 0 bridgehead atoms. The summed E-state index contributed by atoms with van der Waals surface area (Å²) in [5.74, 6) is -0.273. The zero-order valence-corrected chi connectivity index (χ0v) is 10.7. The van der Waals surface area contributed by atoms with Crippen LogP contribution in [0.25, 0.3) is 0 Å². The Kier molecular flexibility index (Phi) is 3.68. The molecule has 0 saturated carbocycles. The molecule has 0 aliphatic heterocycles. The molecule has 0 spiro atoms. The molecule has 18 heavy (non-hydrogen) atoms. The van der Waals surface area contributed by atoms with Crippen molar-refractivity contribution in [3.05, 3.63) is 64.2 Å². The Morgan fingerprint density at radius 3 is 2.50 bits per heavy atom. The Bertz CT molecular complexity index is 577. The van der Waals surface area contributed by atoms with Gasteiger partial charge in [-0.05, 0) is 24.1 Å². The molecule has 2 rings (SSSR count). The minimum atomic E-state index is -0.195. The molecule has 2 nitrogen and oxygen atoms in total. The van der Waals surface area contributed by atoms with E-state index in [9.17, 15) is 9.90 Å². The number of benzene rings is 2. The molecule has 2 aromatic rings. The van der Waals surface area contributed by atoms with Crippen LogP contribution in [0.15, 0.2) is 42.5 Å². The van der Waals surface area contributed by atoms with Gasteiger partial charge in [-0.2, -0.15) is 0 Å². The lowest BCUT2D eigenvalue weighted by Crippen LogP contribution is -2.02. The van der Waals surface area contributed by atoms with Crippen molar-refractivity contribution in [2.75, 3.05) is 0 Å². The summed E-state index contributed by atoms with van der Waals surface area (Å²) in [6, 6.07) is 12.0. The highest BCUT2D eigenvalue weighted by Crippen LogP contribution is 2.28. The lowest BCUT2D eigenvalue weighted by Gasteiger charge is -2.08. The molecule has 0 heterocycles. The van der Waals surface area contributed by atoms with E-state index in [0.717, 1.165) is 5.56 Å². The van der Waals surface area contributed by atoms with E-state index in [4.69, 9.17) is 11.6 Å². The molecule has 0 aliphatic carbocycles. The normalized spacial score (nSPS) is 10.3. The highest BCUT2D eigenvalue weighted by atomic mass is 35.5. The van der Waals surface area contributed by atoms with Crippen LogP contribution in [-0.2, 0) is 6.42 Å². The van der Waals surface area contributed by atoms with Crippen LogP contribution in [0, 0.1) is 0 Å². The average molecular weight is 261 g/mol. The predicted molar refractivity (Wildman–Crippen MR) is 72.4 cm³/mol. The summed E-state index contributed by atoms with van der Waals surface area (Å²) in [5, 5.41) is 10.3. The van der Waals surface area contributed by atoms with Gasteiger partial charge in [0.15, 0.2) is 5.78 Å². The third kappa shape index (κ3) is 2.39. The number of ketones is 1. The summed E-state index contributed by atoms with van der Waals surface area (Å²) < 4.78 is 0. The topological polar surface area (TPSA) is 37.3 Å². The van der Waals surface area contributed by atoms with Crippen LogP contribution in [0.3, 0.4) is 0 Å². The first-order valence-corrected chi connectivity index (χ1v) is 6.12. The van der Waals surface area contributed by atoms with E-state index in [1.807, 2.05) is 13.0 Å². The molecule has 0 radical (unpaired) electrons. The average Bonchev–Trinajstić information content (AvgIpc) is 2.39. The monoisotopic (exact) mass is 260 g/mol. The van der Waals surface area contributed by atoms with Crippen molar-refractivity contribution in [2.24, 2.45) is 0 Å². The van der Waals surface area contributed by atoms with Crippen molar-refractivity contribution in [1.29, 1.82) is 0 Å². The molecule has 0 aromatic heterocycles. The molecule has 0 fully saturated rings. The van der Waals surface area contributed by atoms with Crippen LogP contribution in [0.4, 0.5) is 0 Å². The first-order valence-electron chi connectivity index (χ1n) is 5.74. The maximum Gasteiger partial charge on any atom is 0.196 e. The van der Waals surface area contributed by atoms with Crippen LogP contribution in [0.1, 0.15) is 28.4 Å². The molecule has 92 valence electrons. The molecular formula is C15H13ClO2. The van der Waals surface area contributed by atoms with E-state index in [2.05, 4.69) is 0 Å². The van der Waals surface area contributed by atoms with Gasteiger partial charge < -0.3 is 5.11 Å². The highest BCUT2D eigenvalue weighted by Gasteiger charge is 2.15. The largest absolute Gasteiger partial charge is 0.507 e. The number of rotatable bonds is 3. The lowest BCUT2D eigenvalue weighted by molar-refractivity contribution is 0.103. The molecule has 0 saturated heterocycles. The summed E-state index contributed by atoms with van der Waals surface area (Å²) in [5.41, 5.74) is 1.70. The van der Waals surface area contributed by atoms with E-state index in [1.165, 1.54) is 6.07 Å². The van der Waals surface area contributed by atoms with Gasteiger partial charge >= 0.3 is 0 Å². The minimum Gasteiger partial charge on any atom is -0.507 e. The summed E-state index contributed by atoms with van der Waals surface area (Å²) in [7, 11) is 0. The van der Waals surface area contributed by atoms with Gasteiger partial charge in [-0.1, -0.05) is 48.9 Å². The van der Waals surface area contributed by atoms with Gasteiger partial charge in [-0.25, -0.2) is 0 Å². The maximum absolute atomic E-state index is 12.2. The Labute approximate surface area is 111 Å². The van der Waals surface area contributed by atoms with Crippen LogP contribution in [0.5, 0.6) is 5.75 Å². The SMILES string of the molecule is CCc1cc(C(=O)c2ccccc2)c(O)cc1Cl. The number of hydrogen-bond donors (Lipinski definition) is 1. The van der Waals surface area contributed by atoms with Crippen molar-refractivity contribution in [3.63, 3.8) is 0 Å². The van der Waals surface area contributed by atoms with E-state index in [-0.39, 0.29) is 11.5 Å². The first-order chi connectivity index (χ1) is 8.63. The van der Waals surface area contributed by atoms with Gasteiger partial charge in [0.25, 0.3) is 0 Å². The van der Waals surface area contributed by atoms with E-state index >= 15 is 0 Å². The minimum absolute atomic E-state index is 0.0777. The predicted octanol–water partition coefficient (Wildman–Crippen LogP) is 3.84. The number of hydrogen-bond acceptors (Lipinski definition) is 2. The zero-order valence-electron chi connectivity index (χ0n) is 9.98. The molecule has 3 heteroatoms. The Balaban J connectivity index is 2.48. The van der Waals surface area contributed by atoms with Gasteiger partial charge in [0.2, 0.25) is 0 Å². The number of aromatic hydroxyl groups is 1. The molecule has 0 amide bonds. The van der Waals surface area contributed by atoms with E-state index in [0.29, 0.717) is 22.6 Å². The molecule has 0 unspecified atom stereocenters. The fraction of sp³-hybridized carbons (Fsp3) is 0.133. The second kappa shape index (κ2) is 5.23. The third-order valence-corrected chi connectivity index (χ3v) is 3.18. The zero-order chi connectivity index (χ0) is 13.1. The van der Waals surface area contributed by atoms with Crippen molar-refractivity contribution >= 4 is 17.4 Å². The summed E-state index contributed by atoms with van der Waals surface area (Å²) >= 11 is 5.98. The standard InChI is InChI=1S/C15H13ClO2/c1-2-10-8-12(14(17)9-13(10)16)15(18)11-6-4-3-5-7-11/h3-9,17H,2H2,1H3. The van der Waals surface area contributed by atoms with Crippen LogP contribution in [0.2, 0.25) is 5.02 Å². The van der Waals surface area contributed by atoms with Gasteiger partial charge in [-0.15, -0.1) is 0 Å². The van der Waals surface area contributed by atoms with Gasteiger partial charge in [0.1, 0.15) is 5.75 Å². The van der Waals surface area contributed by atoms with Crippen LogP contribution in [-0.4, -0.2) is 10.9 Å². The quantitative estimate of drug-likeness (QED) is 0.852. The number of carbonyl (C=O) groups excluding carboxylic acids is 1.